The number of anilines is 1. The number of aliphatic hydroxyl groups is 1. The van der Waals surface area contributed by atoms with Crippen LogP contribution in [0.1, 0.15) is 20.8 Å². The Bertz CT molecular complexity index is 517. The Morgan fingerprint density at radius 3 is 2.50 bits per heavy atom. The van der Waals surface area contributed by atoms with Crippen molar-refractivity contribution >= 4 is 29.0 Å². The molecule has 2 heterocycles. The van der Waals surface area contributed by atoms with Crippen molar-refractivity contribution in [1.82, 2.24) is 9.97 Å². The second-order valence-corrected chi connectivity index (χ2v) is 6.92. The highest BCUT2D eigenvalue weighted by molar-refractivity contribution is 6.33. The van der Waals surface area contributed by atoms with Gasteiger partial charge < -0.3 is 19.5 Å². The highest BCUT2D eigenvalue weighted by atomic mass is 35.5. The number of aromatic nitrogens is 2. The number of hydrogen-bond donors (Lipinski definition) is 1. The Balaban J connectivity index is 2.21. The van der Waals surface area contributed by atoms with Gasteiger partial charge in [-0.15, -0.1) is 0 Å². The van der Waals surface area contributed by atoms with Gasteiger partial charge in [-0.25, -0.2) is 4.98 Å². The number of nitrogens with zero attached hydrogens (tertiary/aromatic N) is 3. The van der Waals surface area contributed by atoms with Gasteiger partial charge in [-0.1, -0.05) is 32.4 Å². The van der Waals surface area contributed by atoms with E-state index in [4.69, 9.17) is 32.7 Å². The molecule has 1 fully saturated rings. The zero-order valence-electron chi connectivity index (χ0n) is 13.0. The van der Waals surface area contributed by atoms with Crippen LogP contribution in [0.4, 0.5) is 5.82 Å². The van der Waals surface area contributed by atoms with E-state index >= 15 is 0 Å². The van der Waals surface area contributed by atoms with Crippen molar-refractivity contribution < 1.29 is 14.6 Å². The first-order valence-corrected chi connectivity index (χ1v) is 7.91. The lowest BCUT2D eigenvalue weighted by atomic mass is 9.90. The second-order valence-electron chi connectivity index (χ2n) is 6.23. The Morgan fingerprint density at radius 1 is 1.27 bits per heavy atom. The maximum Gasteiger partial charge on any atom is 0.226 e. The molecule has 124 valence electrons. The van der Waals surface area contributed by atoms with Crippen LogP contribution in [0.25, 0.3) is 0 Å². The molecule has 0 saturated carbocycles. The van der Waals surface area contributed by atoms with E-state index in [9.17, 15) is 5.11 Å². The molecular formula is C14H21Cl2N3O3. The van der Waals surface area contributed by atoms with Gasteiger partial charge in [0.15, 0.2) is 16.7 Å². The monoisotopic (exact) mass is 349 g/mol. The van der Waals surface area contributed by atoms with Crippen LogP contribution in [-0.4, -0.2) is 54.1 Å². The summed E-state index contributed by atoms with van der Waals surface area (Å²) in [4.78, 5) is 10.1. The molecule has 0 radical (unpaired) electrons. The van der Waals surface area contributed by atoms with Crippen LogP contribution in [0, 0.1) is 5.41 Å². The molecule has 0 unspecified atom stereocenters. The molecule has 0 spiro atoms. The van der Waals surface area contributed by atoms with Crippen LogP contribution >= 0.6 is 23.2 Å². The molecule has 1 N–H and O–H groups in total. The summed E-state index contributed by atoms with van der Waals surface area (Å²) in [6.45, 7) is 8.44. The lowest BCUT2D eigenvalue weighted by Crippen LogP contribution is -2.37. The molecule has 0 bridgehead atoms. The highest BCUT2D eigenvalue weighted by Crippen LogP contribution is 2.35. The smallest absolute Gasteiger partial charge is 0.226 e. The minimum absolute atomic E-state index is 0.0650. The minimum Gasteiger partial charge on any atom is -0.484 e. The van der Waals surface area contributed by atoms with Crippen LogP contribution in [0.5, 0.6) is 5.75 Å². The molecule has 22 heavy (non-hydrogen) atoms. The molecule has 1 saturated heterocycles. The van der Waals surface area contributed by atoms with E-state index < -0.39 is 6.10 Å². The van der Waals surface area contributed by atoms with Crippen LogP contribution < -0.4 is 9.64 Å². The van der Waals surface area contributed by atoms with Gasteiger partial charge >= 0.3 is 0 Å². The van der Waals surface area contributed by atoms with Crippen molar-refractivity contribution in [1.29, 1.82) is 0 Å². The molecule has 1 aliphatic heterocycles. The van der Waals surface area contributed by atoms with Gasteiger partial charge in [0.2, 0.25) is 5.28 Å². The number of aliphatic hydroxyl groups excluding tert-OH is 1. The van der Waals surface area contributed by atoms with Crippen molar-refractivity contribution in [3.8, 4) is 5.75 Å². The quantitative estimate of drug-likeness (QED) is 0.664. The van der Waals surface area contributed by atoms with Gasteiger partial charge in [-0.3, -0.25) is 0 Å². The zero-order chi connectivity index (χ0) is 16.3. The lowest BCUT2D eigenvalue weighted by Gasteiger charge is -2.30. The second kappa shape index (κ2) is 7.17. The predicted molar refractivity (Wildman–Crippen MR) is 86.0 cm³/mol. The molecule has 0 aromatic carbocycles. The fraction of sp³-hybridized carbons (Fsp3) is 0.714. The fourth-order valence-electron chi connectivity index (χ4n) is 1.91. The Morgan fingerprint density at radius 2 is 1.91 bits per heavy atom. The summed E-state index contributed by atoms with van der Waals surface area (Å²) in [5.74, 6) is 0.880. The first kappa shape index (κ1) is 17.5. The van der Waals surface area contributed by atoms with E-state index in [1.54, 1.807) is 0 Å². The number of hydrogen-bond acceptors (Lipinski definition) is 6. The summed E-state index contributed by atoms with van der Waals surface area (Å²) in [6, 6.07) is 0. The standard InChI is InChI=1S/C14H21Cl2N3O3/c1-14(2,3)9(20)8-22-10-11(15)17-13(16)18-12(10)19-4-6-21-7-5-19/h9,20H,4-8H2,1-3H3/t9-/m0/s1. The van der Waals surface area contributed by atoms with Gasteiger partial charge in [0.25, 0.3) is 0 Å². The molecule has 2 rings (SSSR count). The van der Waals surface area contributed by atoms with E-state index in [0.29, 0.717) is 37.9 Å². The summed E-state index contributed by atoms with van der Waals surface area (Å²) in [5, 5.41) is 10.3. The van der Waals surface area contributed by atoms with Crippen LogP contribution in [-0.2, 0) is 4.74 Å². The van der Waals surface area contributed by atoms with Crippen molar-refractivity contribution in [2.24, 2.45) is 5.41 Å². The van der Waals surface area contributed by atoms with E-state index in [2.05, 4.69) is 9.97 Å². The Hall–Kier alpha value is -0.820. The number of morpholine rings is 1. The SMILES string of the molecule is CC(C)(C)[C@@H](O)COc1c(Cl)nc(Cl)nc1N1CCOCC1. The molecule has 0 amide bonds. The van der Waals surface area contributed by atoms with Crippen LogP contribution in [0.15, 0.2) is 0 Å². The molecule has 1 atom stereocenters. The van der Waals surface area contributed by atoms with E-state index in [1.165, 1.54) is 0 Å². The van der Waals surface area contributed by atoms with Crippen molar-refractivity contribution in [3.63, 3.8) is 0 Å². The van der Waals surface area contributed by atoms with Gasteiger partial charge in [0, 0.05) is 13.1 Å². The van der Waals surface area contributed by atoms with E-state index in [-0.39, 0.29) is 22.5 Å². The topological polar surface area (TPSA) is 67.7 Å². The first-order chi connectivity index (χ1) is 10.3. The van der Waals surface area contributed by atoms with Gasteiger partial charge in [0.1, 0.15) is 6.61 Å². The van der Waals surface area contributed by atoms with E-state index in [1.807, 2.05) is 25.7 Å². The number of ether oxygens (including phenoxy) is 2. The normalized spacial score (nSPS) is 17.5. The summed E-state index contributed by atoms with van der Waals surface area (Å²) in [6.07, 6.45) is -0.642. The van der Waals surface area contributed by atoms with E-state index in [0.717, 1.165) is 0 Å². The fourth-order valence-corrected chi connectivity index (χ4v) is 2.34. The summed E-state index contributed by atoms with van der Waals surface area (Å²) >= 11 is 12.1. The zero-order valence-corrected chi connectivity index (χ0v) is 14.5. The molecule has 1 aromatic rings. The average Bonchev–Trinajstić information content (AvgIpc) is 2.45. The van der Waals surface area contributed by atoms with Crippen molar-refractivity contribution in [2.45, 2.75) is 26.9 Å². The first-order valence-electron chi connectivity index (χ1n) is 7.15. The number of rotatable bonds is 4. The lowest BCUT2D eigenvalue weighted by molar-refractivity contribution is 0.0217. The average molecular weight is 350 g/mol. The van der Waals surface area contributed by atoms with Crippen molar-refractivity contribution in [2.75, 3.05) is 37.8 Å². The third-order valence-electron chi connectivity index (χ3n) is 3.47. The maximum absolute atomic E-state index is 10.1. The van der Waals surface area contributed by atoms with Crippen LogP contribution in [0.2, 0.25) is 10.4 Å². The van der Waals surface area contributed by atoms with Gasteiger partial charge in [-0.05, 0) is 17.0 Å². The molecule has 6 nitrogen and oxygen atoms in total. The summed E-state index contributed by atoms with van der Waals surface area (Å²) in [5.41, 5.74) is -0.293. The minimum atomic E-state index is -0.642. The molecule has 1 aliphatic rings. The molecule has 1 aromatic heterocycles. The third kappa shape index (κ3) is 4.35. The molecular weight excluding hydrogens is 329 g/mol. The Kier molecular flexibility index (Phi) is 5.71. The third-order valence-corrected chi connectivity index (χ3v) is 3.90. The summed E-state index contributed by atoms with van der Waals surface area (Å²) < 4.78 is 11.0. The predicted octanol–water partition coefficient (Wildman–Crippen LogP) is 2.41. The Labute approximate surface area is 140 Å². The van der Waals surface area contributed by atoms with Gasteiger partial charge in [-0.2, -0.15) is 4.98 Å². The molecule has 8 heteroatoms. The summed E-state index contributed by atoms with van der Waals surface area (Å²) in [7, 11) is 0. The van der Waals surface area contributed by atoms with Gasteiger partial charge in [0.05, 0.1) is 19.3 Å². The van der Waals surface area contributed by atoms with Crippen LogP contribution in [0.3, 0.4) is 0 Å². The van der Waals surface area contributed by atoms with Crippen molar-refractivity contribution in [3.05, 3.63) is 10.4 Å². The largest absolute Gasteiger partial charge is 0.484 e. The molecule has 0 aliphatic carbocycles. The number of halogens is 2. The highest BCUT2D eigenvalue weighted by Gasteiger charge is 2.26. The maximum atomic E-state index is 10.1.